The monoisotopic (exact) mass is 291 g/mol. The summed E-state index contributed by atoms with van der Waals surface area (Å²) >= 11 is 1.72. The molecule has 0 bridgehead atoms. The molecule has 108 valence electrons. The number of aryl methyl sites for hydroxylation is 1. The Labute approximate surface area is 123 Å². The maximum atomic E-state index is 12.1. The number of carbonyl (C=O) groups is 1. The van der Waals surface area contributed by atoms with Crippen LogP contribution >= 0.6 is 11.3 Å². The van der Waals surface area contributed by atoms with Gasteiger partial charge in [-0.2, -0.15) is 0 Å². The molecule has 0 unspecified atom stereocenters. The van der Waals surface area contributed by atoms with Gasteiger partial charge in [-0.05, 0) is 44.6 Å². The van der Waals surface area contributed by atoms with E-state index in [1.165, 1.54) is 25.0 Å². The van der Waals surface area contributed by atoms with Crippen LogP contribution in [0.15, 0.2) is 5.38 Å². The largest absolute Gasteiger partial charge is 0.353 e. The van der Waals surface area contributed by atoms with E-state index in [9.17, 15) is 4.79 Å². The van der Waals surface area contributed by atoms with Crippen LogP contribution in [0.1, 0.15) is 36.4 Å². The van der Waals surface area contributed by atoms with Crippen molar-refractivity contribution in [2.45, 2.75) is 45.2 Å². The van der Waals surface area contributed by atoms with Gasteiger partial charge in [0.25, 0.3) is 0 Å². The van der Waals surface area contributed by atoms with Gasteiger partial charge in [0.15, 0.2) is 0 Å². The zero-order valence-electron chi connectivity index (χ0n) is 11.9. The third-order valence-electron chi connectivity index (χ3n) is 4.95. The summed E-state index contributed by atoms with van der Waals surface area (Å²) < 4.78 is 0. The topological polar surface area (TPSA) is 45.2 Å². The highest BCUT2D eigenvalue weighted by atomic mass is 32.1. The lowest BCUT2D eigenvalue weighted by Gasteiger charge is -2.14. The van der Waals surface area contributed by atoms with Gasteiger partial charge < -0.3 is 5.32 Å². The first kappa shape index (κ1) is 12.8. The summed E-state index contributed by atoms with van der Waals surface area (Å²) in [6.07, 6.45) is 4.64. The molecule has 1 amide bonds. The molecule has 2 atom stereocenters. The predicted molar refractivity (Wildman–Crippen MR) is 78.4 cm³/mol. The lowest BCUT2D eigenvalue weighted by atomic mass is 10.0. The average Bonchev–Trinajstić information content (AvgIpc) is 3.25. The smallest absolute Gasteiger partial charge is 0.223 e. The maximum Gasteiger partial charge on any atom is 0.223 e. The molecule has 3 fully saturated rings. The Morgan fingerprint density at radius 3 is 3.15 bits per heavy atom. The second kappa shape index (κ2) is 4.53. The summed E-state index contributed by atoms with van der Waals surface area (Å²) in [4.78, 5) is 19.2. The number of likely N-dealkylation sites (tertiary alicyclic amines) is 1. The van der Waals surface area contributed by atoms with Gasteiger partial charge in [-0.3, -0.25) is 9.69 Å². The van der Waals surface area contributed by atoms with Crippen LogP contribution in [0.2, 0.25) is 0 Å². The van der Waals surface area contributed by atoms with E-state index >= 15 is 0 Å². The fraction of sp³-hybridized carbons (Fsp3) is 0.733. The number of carbonyl (C=O) groups excluding carboxylic acids is 1. The molecule has 0 aromatic carbocycles. The van der Waals surface area contributed by atoms with Gasteiger partial charge in [-0.25, -0.2) is 4.98 Å². The van der Waals surface area contributed by atoms with E-state index < -0.39 is 0 Å². The second-order valence-electron chi connectivity index (χ2n) is 6.72. The van der Waals surface area contributed by atoms with Gasteiger partial charge >= 0.3 is 0 Å². The molecule has 4 rings (SSSR count). The van der Waals surface area contributed by atoms with Crippen LogP contribution in [-0.2, 0) is 11.3 Å². The van der Waals surface area contributed by atoms with Crippen molar-refractivity contribution in [3.63, 3.8) is 0 Å². The Morgan fingerprint density at radius 2 is 2.45 bits per heavy atom. The van der Waals surface area contributed by atoms with Crippen LogP contribution in [0.3, 0.4) is 0 Å². The highest BCUT2D eigenvalue weighted by Gasteiger charge is 2.60. The summed E-state index contributed by atoms with van der Waals surface area (Å²) in [5, 5.41) is 6.46. The zero-order valence-corrected chi connectivity index (χ0v) is 12.7. The van der Waals surface area contributed by atoms with Gasteiger partial charge in [0, 0.05) is 30.4 Å². The molecule has 1 spiro atoms. The fourth-order valence-electron chi connectivity index (χ4n) is 3.53. The number of aromatic nitrogens is 1. The van der Waals surface area contributed by atoms with Crippen molar-refractivity contribution >= 4 is 17.2 Å². The SMILES string of the molecule is Cc1nc(CN2CC[C@]3(C[C@H]3C(=O)NC3CC3)C2)cs1. The van der Waals surface area contributed by atoms with Crippen molar-refractivity contribution in [2.24, 2.45) is 11.3 Å². The molecule has 20 heavy (non-hydrogen) atoms. The summed E-state index contributed by atoms with van der Waals surface area (Å²) in [5.74, 6) is 0.601. The summed E-state index contributed by atoms with van der Waals surface area (Å²) in [5.41, 5.74) is 1.48. The molecule has 1 aromatic heterocycles. The highest BCUT2D eigenvalue weighted by Crippen LogP contribution is 2.58. The number of rotatable bonds is 4. The maximum absolute atomic E-state index is 12.1. The van der Waals surface area contributed by atoms with Gasteiger partial charge in [-0.15, -0.1) is 11.3 Å². The van der Waals surface area contributed by atoms with Crippen LogP contribution in [0.25, 0.3) is 0 Å². The molecule has 2 heterocycles. The molecule has 1 saturated heterocycles. The van der Waals surface area contributed by atoms with Crippen LogP contribution in [0, 0.1) is 18.3 Å². The number of thiazole rings is 1. The lowest BCUT2D eigenvalue weighted by molar-refractivity contribution is -0.123. The van der Waals surface area contributed by atoms with E-state index in [1.807, 2.05) is 0 Å². The molecule has 2 aliphatic carbocycles. The molecule has 4 nitrogen and oxygen atoms in total. The average molecular weight is 291 g/mol. The third-order valence-corrected chi connectivity index (χ3v) is 5.77. The minimum absolute atomic E-state index is 0.283. The lowest BCUT2D eigenvalue weighted by Crippen LogP contribution is -2.30. The number of amides is 1. The van der Waals surface area contributed by atoms with Gasteiger partial charge in [0.1, 0.15) is 0 Å². The fourth-order valence-corrected chi connectivity index (χ4v) is 4.13. The number of nitrogens with one attached hydrogen (secondary N) is 1. The van der Waals surface area contributed by atoms with E-state index in [1.54, 1.807) is 11.3 Å². The molecule has 1 aromatic rings. The highest BCUT2D eigenvalue weighted by molar-refractivity contribution is 7.09. The Morgan fingerprint density at radius 1 is 1.60 bits per heavy atom. The minimum atomic E-state index is 0.283. The number of hydrogen-bond acceptors (Lipinski definition) is 4. The Hall–Kier alpha value is -0.940. The van der Waals surface area contributed by atoms with Crippen LogP contribution in [-0.4, -0.2) is 34.9 Å². The number of nitrogens with zero attached hydrogens (tertiary/aromatic N) is 2. The third kappa shape index (κ3) is 2.37. The van der Waals surface area contributed by atoms with Crippen molar-refractivity contribution in [3.8, 4) is 0 Å². The van der Waals surface area contributed by atoms with Gasteiger partial charge in [0.05, 0.1) is 10.7 Å². The van der Waals surface area contributed by atoms with Gasteiger partial charge in [0.2, 0.25) is 5.91 Å². The molecule has 3 aliphatic rings. The molecule has 2 saturated carbocycles. The normalized spacial score (nSPS) is 32.8. The Kier molecular flexibility index (Phi) is 2.89. The summed E-state index contributed by atoms with van der Waals surface area (Å²) in [6.45, 7) is 5.19. The van der Waals surface area contributed by atoms with Crippen LogP contribution in [0.5, 0.6) is 0 Å². The quantitative estimate of drug-likeness (QED) is 0.922. The molecule has 1 N–H and O–H groups in total. The molecule has 1 aliphatic heterocycles. The van der Waals surface area contributed by atoms with Crippen molar-refractivity contribution in [1.29, 1.82) is 0 Å². The van der Waals surface area contributed by atoms with E-state index in [-0.39, 0.29) is 5.92 Å². The van der Waals surface area contributed by atoms with Crippen molar-refractivity contribution in [3.05, 3.63) is 16.1 Å². The van der Waals surface area contributed by atoms with Gasteiger partial charge in [-0.1, -0.05) is 0 Å². The molecular weight excluding hydrogens is 270 g/mol. The van der Waals surface area contributed by atoms with Crippen molar-refractivity contribution in [2.75, 3.05) is 13.1 Å². The standard InChI is InChI=1S/C15H21N3OS/c1-10-16-12(8-20-10)7-18-5-4-15(9-18)6-13(15)14(19)17-11-2-3-11/h8,11,13H,2-7,9H2,1H3,(H,17,19)/t13-,15-/m0/s1. The molecular formula is C15H21N3OS. The van der Waals surface area contributed by atoms with E-state index in [4.69, 9.17) is 0 Å². The van der Waals surface area contributed by atoms with E-state index in [0.717, 1.165) is 31.1 Å². The van der Waals surface area contributed by atoms with Crippen LogP contribution < -0.4 is 5.32 Å². The first-order valence-corrected chi connectivity index (χ1v) is 8.46. The summed E-state index contributed by atoms with van der Waals surface area (Å²) in [7, 11) is 0. The minimum Gasteiger partial charge on any atom is -0.353 e. The first-order chi connectivity index (χ1) is 9.64. The first-order valence-electron chi connectivity index (χ1n) is 7.58. The Balaban J connectivity index is 1.33. The summed E-state index contributed by atoms with van der Waals surface area (Å²) in [6, 6.07) is 0.496. The number of hydrogen-bond donors (Lipinski definition) is 1. The molecule has 0 radical (unpaired) electrons. The predicted octanol–water partition coefficient (Wildman–Crippen LogP) is 1.94. The van der Waals surface area contributed by atoms with Crippen molar-refractivity contribution in [1.82, 2.24) is 15.2 Å². The molecule has 5 heteroatoms. The zero-order chi connectivity index (χ0) is 13.7. The second-order valence-corrected chi connectivity index (χ2v) is 7.78. The van der Waals surface area contributed by atoms with E-state index in [0.29, 0.717) is 17.4 Å². The Bertz CT molecular complexity index is 539. The van der Waals surface area contributed by atoms with Crippen LogP contribution in [0.4, 0.5) is 0 Å². The van der Waals surface area contributed by atoms with E-state index in [2.05, 4.69) is 27.5 Å². The van der Waals surface area contributed by atoms with Crippen molar-refractivity contribution < 1.29 is 4.79 Å².